The lowest BCUT2D eigenvalue weighted by atomic mass is 10.3. The molecule has 0 spiro atoms. The van der Waals surface area contributed by atoms with Crippen molar-refractivity contribution in [2.45, 2.75) is 13.8 Å². The number of nitrogens with zero attached hydrogens (tertiary/aromatic N) is 1. The summed E-state index contributed by atoms with van der Waals surface area (Å²) in [6.07, 6.45) is 0. The number of aryl methyl sites for hydroxylation is 2. The highest BCUT2D eigenvalue weighted by Crippen LogP contribution is 2.28. The van der Waals surface area contributed by atoms with E-state index in [-0.39, 0.29) is 0 Å². The first kappa shape index (κ1) is 14.5. The van der Waals surface area contributed by atoms with Gasteiger partial charge in [-0.2, -0.15) is 0 Å². The lowest BCUT2D eigenvalue weighted by molar-refractivity contribution is 0.0602. The number of rotatable bonds is 3. The topological polar surface area (TPSA) is 76.4 Å². The fourth-order valence-corrected chi connectivity index (χ4v) is 2.72. The van der Waals surface area contributed by atoms with Crippen LogP contribution >= 0.6 is 23.6 Å². The van der Waals surface area contributed by atoms with Crippen molar-refractivity contribution in [1.82, 2.24) is 5.16 Å². The van der Waals surface area contributed by atoms with E-state index in [1.165, 1.54) is 18.4 Å². The van der Waals surface area contributed by atoms with Crippen LogP contribution in [0.2, 0.25) is 0 Å². The highest BCUT2D eigenvalue weighted by Gasteiger charge is 2.16. The van der Waals surface area contributed by atoms with Crippen molar-refractivity contribution in [1.29, 1.82) is 0 Å². The van der Waals surface area contributed by atoms with Gasteiger partial charge >= 0.3 is 5.97 Å². The number of thiocarbonyl (C=S) groups is 1. The first-order valence-electron chi connectivity index (χ1n) is 5.69. The Bertz CT molecular complexity index is 648. The largest absolute Gasteiger partial charge is 0.465 e. The zero-order chi connectivity index (χ0) is 14.7. The number of anilines is 2. The Morgan fingerprint density at radius 2 is 2.15 bits per heavy atom. The highest BCUT2D eigenvalue weighted by molar-refractivity contribution is 7.80. The Kier molecular flexibility index (Phi) is 4.35. The van der Waals surface area contributed by atoms with Gasteiger partial charge in [0.15, 0.2) is 10.9 Å². The maximum absolute atomic E-state index is 11.6. The fourth-order valence-electron chi connectivity index (χ4n) is 1.54. The molecule has 0 bridgehead atoms. The standard InChI is InChI=1S/C12H13N3O3S2/c1-6-4-9(15-18-6)13-12(19)14-10-8(11(16)17-3)5-7(2)20-10/h4-5H,1-3H3,(H2,13,14,15,19). The Balaban J connectivity index is 2.09. The van der Waals surface area contributed by atoms with Crippen molar-refractivity contribution in [3.05, 3.63) is 28.3 Å². The van der Waals surface area contributed by atoms with Gasteiger partial charge in [-0.15, -0.1) is 11.3 Å². The summed E-state index contributed by atoms with van der Waals surface area (Å²) in [5, 5.41) is 10.6. The molecule has 6 nitrogen and oxygen atoms in total. The van der Waals surface area contributed by atoms with Crippen molar-refractivity contribution in [3.8, 4) is 0 Å². The van der Waals surface area contributed by atoms with E-state index >= 15 is 0 Å². The van der Waals surface area contributed by atoms with Crippen LogP contribution in [0.3, 0.4) is 0 Å². The monoisotopic (exact) mass is 311 g/mol. The Morgan fingerprint density at radius 3 is 2.75 bits per heavy atom. The first-order valence-corrected chi connectivity index (χ1v) is 6.92. The molecular formula is C12H13N3O3S2. The van der Waals surface area contributed by atoms with E-state index in [1.54, 1.807) is 19.1 Å². The number of hydrogen-bond acceptors (Lipinski definition) is 6. The van der Waals surface area contributed by atoms with Crippen LogP contribution in [-0.2, 0) is 4.74 Å². The van der Waals surface area contributed by atoms with Crippen molar-refractivity contribution in [2.24, 2.45) is 0 Å². The molecule has 20 heavy (non-hydrogen) atoms. The summed E-state index contributed by atoms with van der Waals surface area (Å²) >= 11 is 6.59. The third-order valence-electron chi connectivity index (χ3n) is 2.36. The minimum absolute atomic E-state index is 0.324. The van der Waals surface area contributed by atoms with Crippen LogP contribution in [0, 0.1) is 13.8 Å². The molecule has 2 aromatic heterocycles. The van der Waals surface area contributed by atoms with Crippen molar-refractivity contribution in [3.63, 3.8) is 0 Å². The van der Waals surface area contributed by atoms with Gasteiger partial charge in [-0.1, -0.05) is 5.16 Å². The van der Waals surface area contributed by atoms with E-state index in [2.05, 4.69) is 15.8 Å². The summed E-state index contributed by atoms with van der Waals surface area (Å²) in [5.41, 5.74) is 0.454. The fraction of sp³-hybridized carbons (Fsp3) is 0.250. The zero-order valence-electron chi connectivity index (χ0n) is 11.1. The minimum atomic E-state index is -0.406. The molecule has 0 aliphatic rings. The molecule has 0 aliphatic carbocycles. The zero-order valence-corrected chi connectivity index (χ0v) is 12.8. The second-order valence-electron chi connectivity index (χ2n) is 3.99. The number of nitrogens with one attached hydrogen (secondary N) is 2. The molecule has 0 amide bonds. The number of hydrogen-bond donors (Lipinski definition) is 2. The molecule has 0 saturated carbocycles. The average Bonchev–Trinajstić information content (AvgIpc) is 2.94. The Morgan fingerprint density at radius 1 is 1.40 bits per heavy atom. The average molecular weight is 311 g/mol. The Hall–Kier alpha value is -1.93. The third-order valence-corrected chi connectivity index (χ3v) is 3.53. The highest BCUT2D eigenvalue weighted by atomic mass is 32.1. The molecular weight excluding hydrogens is 298 g/mol. The smallest absolute Gasteiger partial charge is 0.340 e. The predicted molar refractivity (Wildman–Crippen MR) is 81.5 cm³/mol. The van der Waals surface area contributed by atoms with Crippen LogP contribution in [0.5, 0.6) is 0 Å². The maximum Gasteiger partial charge on any atom is 0.340 e. The normalized spacial score (nSPS) is 10.2. The van der Waals surface area contributed by atoms with Gasteiger partial charge in [-0.25, -0.2) is 4.79 Å². The molecule has 106 valence electrons. The molecule has 2 rings (SSSR count). The van der Waals surface area contributed by atoms with Crippen LogP contribution < -0.4 is 10.6 Å². The van der Waals surface area contributed by atoms with Crippen LogP contribution in [-0.4, -0.2) is 23.3 Å². The van der Waals surface area contributed by atoms with Crippen molar-refractivity contribution >= 4 is 45.5 Å². The summed E-state index contributed by atoms with van der Waals surface area (Å²) in [6.45, 7) is 3.69. The third kappa shape index (κ3) is 3.34. The molecule has 0 saturated heterocycles. The number of carbonyl (C=O) groups excluding carboxylic acids is 1. The quantitative estimate of drug-likeness (QED) is 0.666. The molecule has 2 aromatic rings. The molecule has 0 fully saturated rings. The summed E-state index contributed by atoms with van der Waals surface area (Å²) in [4.78, 5) is 12.6. The van der Waals surface area contributed by atoms with Crippen LogP contribution in [0.25, 0.3) is 0 Å². The van der Waals surface area contributed by atoms with Crippen molar-refractivity contribution in [2.75, 3.05) is 17.7 Å². The van der Waals surface area contributed by atoms with E-state index in [9.17, 15) is 4.79 Å². The van der Waals surface area contributed by atoms with Crippen LogP contribution in [0.4, 0.5) is 10.8 Å². The number of carbonyl (C=O) groups is 1. The molecule has 0 aliphatic heterocycles. The van der Waals surface area contributed by atoms with Gasteiger partial charge in [0.2, 0.25) is 0 Å². The van der Waals surface area contributed by atoms with Crippen molar-refractivity contribution < 1.29 is 14.1 Å². The summed E-state index contributed by atoms with van der Waals surface area (Å²) < 4.78 is 9.66. The summed E-state index contributed by atoms with van der Waals surface area (Å²) in [5.74, 6) is 0.780. The first-order chi connectivity index (χ1) is 9.49. The molecule has 0 unspecified atom stereocenters. The number of esters is 1. The van der Waals surface area contributed by atoms with E-state index in [0.29, 0.717) is 27.3 Å². The Labute approximate surface area is 125 Å². The number of methoxy groups -OCH3 is 1. The van der Waals surface area contributed by atoms with Gasteiger partial charge in [0.1, 0.15) is 10.8 Å². The van der Waals surface area contributed by atoms with E-state index in [4.69, 9.17) is 21.5 Å². The van der Waals surface area contributed by atoms with Crippen LogP contribution in [0.15, 0.2) is 16.7 Å². The molecule has 2 heterocycles. The number of thiophene rings is 1. The molecule has 0 radical (unpaired) electrons. The number of aromatic nitrogens is 1. The minimum Gasteiger partial charge on any atom is -0.465 e. The van der Waals surface area contributed by atoms with Gasteiger partial charge in [0.25, 0.3) is 0 Å². The van der Waals surface area contributed by atoms with E-state index in [0.717, 1.165) is 4.88 Å². The maximum atomic E-state index is 11.6. The molecule has 2 N–H and O–H groups in total. The van der Waals surface area contributed by atoms with E-state index < -0.39 is 5.97 Å². The van der Waals surface area contributed by atoms with E-state index in [1.807, 2.05) is 6.92 Å². The summed E-state index contributed by atoms with van der Waals surface area (Å²) in [6, 6.07) is 3.47. The summed E-state index contributed by atoms with van der Waals surface area (Å²) in [7, 11) is 1.34. The molecule has 0 atom stereocenters. The predicted octanol–water partition coefficient (Wildman–Crippen LogP) is 2.95. The van der Waals surface area contributed by atoms with Gasteiger partial charge < -0.3 is 19.9 Å². The molecule has 8 heteroatoms. The second-order valence-corrected chi connectivity index (χ2v) is 5.66. The van der Waals surface area contributed by atoms with Gasteiger partial charge in [0, 0.05) is 10.9 Å². The van der Waals surface area contributed by atoms with Gasteiger partial charge in [-0.05, 0) is 32.1 Å². The van der Waals surface area contributed by atoms with Gasteiger partial charge in [-0.3, -0.25) is 0 Å². The number of ether oxygens (including phenoxy) is 1. The lowest BCUT2D eigenvalue weighted by Crippen LogP contribution is -2.20. The molecule has 0 aromatic carbocycles. The second kappa shape index (κ2) is 6.02. The SMILES string of the molecule is COC(=O)c1cc(C)sc1NC(=S)Nc1cc(C)on1. The lowest BCUT2D eigenvalue weighted by Gasteiger charge is -2.07. The van der Waals surface area contributed by atoms with Gasteiger partial charge in [0.05, 0.1) is 12.7 Å². The van der Waals surface area contributed by atoms with Crippen LogP contribution in [0.1, 0.15) is 21.0 Å².